The molecule has 62 heavy (non-hydrogen) atoms. The van der Waals surface area contributed by atoms with E-state index >= 15 is 0 Å². The number of nitrogens with zero attached hydrogens (tertiary/aromatic N) is 2. The molecular weight excluding hydrogens is 1500 g/mol. The molecule has 0 aliphatic heterocycles. The van der Waals surface area contributed by atoms with Gasteiger partial charge in [0.1, 0.15) is 0 Å². The molecule has 2 aromatic carbocycles. The number of likely N-dealkylation sites (N-methyl/N-ethyl adjacent to an activating group) is 2. The zero-order chi connectivity index (χ0) is 47.2. The van der Waals surface area contributed by atoms with Gasteiger partial charge in [-0.3, -0.25) is 28.8 Å². The summed E-state index contributed by atoms with van der Waals surface area (Å²) in [5.41, 5.74) is 0.302. The second-order valence-electron chi connectivity index (χ2n) is 13.5. The van der Waals surface area contributed by atoms with Crippen molar-refractivity contribution in [2.75, 3.05) is 77.3 Å². The van der Waals surface area contributed by atoms with E-state index in [4.69, 9.17) is 0 Å². The second kappa shape index (κ2) is 27.8. The minimum Gasteiger partial charge on any atom is -0.394 e. The fourth-order valence-corrected chi connectivity index (χ4v) is 14.2. The molecule has 6 amide bonds. The summed E-state index contributed by atoms with van der Waals surface area (Å²) < 4.78 is 1.50. The highest BCUT2D eigenvalue weighted by Crippen LogP contribution is 2.38. The molecule has 0 saturated carbocycles. The van der Waals surface area contributed by atoms with Gasteiger partial charge in [-0.25, -0.2) is 0 Å². The van der Waals surface area contributed by atoms with Gasteiger partial charge in [0.05, 0.1) is 86.5 Å². The van der Waals surface area contributed by atoms with Crippen LogP contribution in [0.5, 0.6) is 0 Å². The molecule has 0 aromatic heterocycles. The highest BCUT2D eigenvalue weighted by molar-refractivity contribution is 14.1. The lowest BCUT2D eigenvalue weighted by atomic mass is 10.1. The first-order chi connectivity index (χ1) is 29.1. The number of carbonyl (C=O) groups is 6. The first-order valence-corrected chi connectivity index (χ1v) is 24.8. The summed E-state index contributed by atoms with van der Waals surface area (Å²) in [6.07, 6.45) is -3.77. The zero-order valence-electron chi connectivity index (χ0n) is 33.0. The van der Waals surface area contributed by atoms with E-state index in [1.54, 1.807) is 0 Å². The highest BCUT2D eigenvalue weighted by atomic mass is 127. The summed E-state index contributed by atoms with van der Waals surface area (Å²) in [5, 5.41) is 87.5. The molecule has 0 spiro atoms. The number of amides is 6. The molecule has 12 N–H and O–H groups in total. The summed E-state index contributed by atoms with van der Waals surface area (Å²) in [5.74, 6) is -4.30. The SMILES string of the molecule is CN(CC(O)CO)C(=O)c1c(I)c(NC(=O)C(O)CO)c(I)c(C(=O)NCCCCCCNC(=O)c2c(I)c(NC(=O)C(O)CO)c(I)c(C(=O)N(C)CC(O)CO)c2I)c1I. The Balaban J connectivity index is 2.22. The number of halogens is 6. The standard InChI is InChI=1S/C36H46I6N6O14/c1-47(9-15(53)11-49)35(61)21-23(37)19(25(39)29(27(21)41)45-31(57)17(55)13-51)33(59)43-7-5-3-4-6-8-44-34(60)20-24(38)22(36(62)48(2)10-16(54)12-50)28(42)30(26(20)40)46-32(58)18(56)14-52/h15-18,49-56H,3-14H2,1-2H3,(H,43,59)(H,44,60)(H,45,57)(H,46,58). The summed E-state index contributed by atoms with van der Waals surface area (Å²) in [6, 6.07) is 0. The van der Waals surface area contributed by atoms with E-state index < -0.39 is 86.3 Å². The van der Waals surface area contributed by atoms with E-state index in [1.807, 2.05) is 136 Å². The zero-order valence-corrected chi connectivity index (χ0v) is 45.9. The van der Waals surface area contributed by atoms with E-state index in [0.29, 0.717) is 25.7 Å². The fraction of sp³-hybridized carbons (Fsp3) is 0.500. The molecule has 4 atom stereocenters. The van der Waals surface area contributed by atoms with Crippen molar-refractivity contribution >= 4 is 182 Å². The topological polar surface area (TPSA) is 319 Å². The molecule has 0 heterocycles. The molecule has 20 nitrogen and oxygen atoms in total. The Morgan fingerprint density at radius 3 is 1.08 bits per heavy atom. The second-order valence-corrected chi connectivity index (χ2v) is 20.0. The van der Waals surface area contributed by atoms with Crippen LogP contribution >= 0.6 is 136 Å². The molecule has 0 fully saturated rings. The predicted octanol–water partition coefficient (Wildman–Crippen LogP) is 0.468. The number of benzene rings is 2. The third-order valence-corrected chi connectivity index (χ3v) is 15.2. The van der Waals surface area contributed by atoms with Crippen molar-refractivity contribution < 1.29 is 69.6 Å². The number of hydrogen-bond acceptors (Lipinski definition) is 14. The van der Waals surface area contributed by atoms with Gasteiger partial charge in [0, 0.05) is 47.4 Å². The largest absolute Gasteiger partial charge is 0.394 e. The Bertz CT molecular complexity index is 1840. The fourth-order valence-electron chi connectivity index (χ4n) is 5.38. The molecular formula is C36H46I6N6O14. The molecule has 2 aromatic rings. The van der Waals surface area contributed by atoms with Gasteiger partial charge in [-0.05, 0) is 148 Å². The first kappa shape index (κ1) is 57.4. The Labute approximate surface area is 438 Å². The van der Waals surface area contributed by atoms with Crippen molar-refractivity contribution in [3.63, 3.8) is 0 Å². The number of nitrogens with one attached hydrogen (secondary N) is 4. The minimum absolute atomic E-state index is 0.0318. The maximum atomic E-state index is 13.6. The summed E-state index contributed by atoms with van der Waals surface area (Å²) in [7, 11) is 2.79. The number of hydrogen-bond donors (Lipinski definition) is 12. The van der Waals surface area contributed by atoms with Gasteiger partial charge >= 0.3 is 0 Å². The monoisotopic (exact) mass is 1550 g/mol. The van der Waals surface area contributed by atoms with Gasteiger partial charge in [-0.15, -0.1) is 0 Å². The number of rotatable bonds is 23. The van der Waals surface area contributed by atoms with Crippen LogP contribution in [0.25, 0.3) is 0 Å². The van der Waals surface area contributed by atoms with Crippen LogP contribution < -0.4 is 21.3 Å². The van der Waals surface area contributed by atoms with Crippen LogP contribution in [0.3, 0.4) is 0 Å². The van der Waals surface area contributed by atoms with Gasteiger partial charge in [0.25, 0.3) is 35.4 Å². The Morgan fingerprint density at radius 2 is 0.790 bits per heavy atom. The average molecular weight is 1550 g/mol. The Morgan fingerprint density at radius 1 is 0.484 bits per heavy atom. The third kappa shape index (κ3) is 15.4. The van der Waals surface area contributed by atoms with E-state index in [2.05, 4.69) is 21.3 Å². The summed E-state index contributed by atoms with van der Waals surface area (Å²) in [6.45, 7) is -2.98. The molecule has 26 heteroatoms. The average Bonchev–Trinajstić information content (AvgIpc) is 3.23. The molecule has 0 aliphatic rings. The van der Waals surface area contributed by atoms with E-state index in [9.17, 15) is 69.6 Å². The lowest BCUT2D eigenvalue weighted by molar-refractivity contribution is -0.126. The quantitative estimate of drug-likeness (QED) is 0.0532. The van der Waals surface area contributed by atoms with Crippen LogP contribution in [0.1, 0.15) is 67.1 Å². The van der Waals surface area contributed by atoms with Gasteiger partial charge in [-0.2, -0.15) is 0 Å². The van der Waals surface area contributed by atoms with Crippen molar-refractivity contribution in [1.29, 1.82) is 0 Å². The number of unbranched alkanes of at least 4 members (excludes halogenated alkanes) is 3. The van der Waals surface area contributed by atoms with Gasteiger partial charge in [0.2, 0.25) is 0 Å². The Hall–Kier alpha value is -0.680. The maximum Gasteiger partial charge on any atom is 0.255 e. The normalized spacial score (nSPS) is 13.1. The molecule has 0 saturated heterocycles. The highest BCUT2D eigenvalue weighted by Gasteiger charge is 2.33. The molecule has 0 bridgehead atoms. The molecule has 2 rings (SSSR count). The molecule has 0 radical (unpaired) electrons. The van der Waals surface area contributed by atoms with E-state index in [0.717, 1.165) is 9.80 Å². The predicted molar refractivity (Wildman–Crippen MR) is 276 cm³/mol. The number of aliphatic hydroxyl groups is 8. The lowest BCUT2D eigenvalue weighted by Gasteiger charge is -2.24. The Kier molecular flexibility index (Phi) is 25.8. The van der Waals surface area contributed by atoms with Crippen molar-refractivity contribution in [3.8, 4) is 0 Å². The van der Waals surface area contributed by atoms with Crippen molar-refractivity contribution in [1.82, 2.24) is 20.4 Å². The van der Waals surface area contributed by atoms with Gasteiger partial charge < -0.3 is 71.9 Å². The van der Waals surface area contributed by atoms with Crippen LogP contribution in [0, 0.1) is 21.4 Å². The van der Waals surface area contributed by atoms with Crippen LogP contribution in [0.2, 0.25) is 0 Å². The van der Waals surface area contributed by atoms with Crippen LogP contribution in [-0.4, -0.2) is 177 Å². The molecule has 0 aliphatic carbocycles. The van der Waals surface area contributed by atoms with Gasteiger partial charge in [0.15, 0.2) is 12.2 Å². The van der Waals surface area contributed by atoms with Crippen molar-refractivity contribution in [3.05, 3.63) is 43.7 Å². The van der Waals surface area contributed by atoms with Crippen LogP contribution in [-0.2, 0) is 9.59 Å². The maximum absolute atomic E-state index is 13.6. The minimum atomic E-state index is -1.78. The molecule has 346 valence electrons. The van der Waals surface area contributed by atoms with Crippen molar-refractivity contribution in [2.24, 2.45) is 0 Å². The van der Waals surface area contributed by atoms with Crippen LogP contribution in [0.15, 0.2) is 0 Å². The first-order valence-electron chi connectivity index (χ1n) is 18.4. The van der Waals surface area contributed by atoms with E-state index in [1.165, 1.54) is 14.1 Å². The molecule has 4 unspecified atom stereocenters. The van der Waals surface area contributed by atoms with Crippen molar-refractivity contribution in [2.45, 2.75) is 50.1 Å². The van der Waals surface area contributed by atoms with Gasteiger partial charge in [-0.1, -0.05) is 12.8 Å². The number of carbonyl (C=O) groups excluding carboxylic acids is 6. The third-order valence-electron chi connectivity index (χ3n) is 8.72. The smallest absolute Gasteiger partial charge is 0.255 e. The number of anilines is 2. The van der Waals surface area contributed by atoms with Crippen LogP contribution in [0.4, 0.5) is 11.4 Å². The summed E-state index contributed by atoms with van der Waals surface area (Å²) in [4.78, 5) is 82.0. The lowest BCUT2D eigenvalue weighted by Crippen LogP contribution is -2.38. The summed E-state index contributed by atoms with van der Waals surface area (Å²) >= 11 is 11.0. The number of aliphatic hydroxyl groups excluding tert-OH is 8. The van der Waals surface area contributed by atoms with E-state index in [-0.39, 0.29) is 81.2 Å².